The van der Waals surface area contributed by atoms with E-state index in [9.17, 15) is 24.0 Å². The number of benzene rings is 2. The van der Waals surface area contributed by atoms with Gasteiger partial charge < -0.3 is 20.0 Å². The monoisotopic (exact) mass is 674 g/mol. The van der Waals surface area contributed by atoms with E-state index < -0.39 is 0 Å². The van der Waals surface area contributed by atoms with Crippen molar-refractivity contribution in [2.75, 3.05) is 25.0 Å². The van der Waals surface area contributed by atoms with E-state index in [4.69, 9.17) is 0 Å². The third-order valence-corrected chi connectivity index (χ3v) is 10.4. The van der Waals surface area contributed by atoms with E-state index in [1.807, 2.05) is 21.6 Å². The molecule has 4 aliphatic rings. The van der Waals surface area contributed by atoms with Gasteiger partial charge >= 0.3 is 0 Å². The molecule has 4 heterocycles. The summed E-state index contributed by atoms with van der Waals surface area (Å²) in [5, 5.41) is 2.89. The molecule has 2 aromatic carbocycles. The van der Waals surface area contributed by atoms with Crippen molar-refractivity contribution < 1.29 is 24.0 Å². The van der Waals surface area contributed by atoms with Gasteiger partial charge in [-0.25, -0.2) is 0 Å². The first-order chi connectivity index (χ1) is 21.7. The molecule has 6 rings (SSSR count). The molecule has 4 aliphatic heterocycles. The summed E-state index contributed by atoms with van der Waals surface area (Å²) in [5.74, 6) is -0.478. The van der Waals surface area contributed by atoms with Crippen LogP contribution in [-0.2, 0) is 19.2 Å². The first-order valence-electron chi connectivity index (χ1n) is 16.1. The zero-order valence-electron chi connectivity index (χ0n) is 25.8. The molecule has 10 heteroatoms. The van der Waals surface area contributed by atoms with Crippen LogP contribution in [0.25, 0.3) is 5.57 Å². The molecule has 1 N–H and O–H groups in total. The third kappa shape index (κ3) is 5.96. The standard InChI is InChI=1S/C35H39BrN4O5/c1-3-24(39-17-6-10-30(39)42)20-25(19-21(2)38-16-5-9-29(38)41)40-18-15-27(35(40)45)31-26-7-4-8-28(32(26)37-34(31)44)33(43)22-11-13-23(36)14-12-22/h4,7-8,11-14,21,24-25H,3,5-6,9-10,15-20H2,1-2H3,(H,37,44)/b31-27+. The second-order valence-corrected chi connectivity index (χ2v) is 13.5. The summed E-state index contributed by atoms with van der Waals surface area (Å²) in [7, 11) is 0. The molecule has 3 saturated heterocycles. The second kappa shape index (κ2) is 12.9. The van der Waals surface area contributed by atoms with Gasteiger partial charge in [-0.1, -0.05) is 35.0 Å². The lowest BCUT2D eigenvalue weighted by molar-refractivity contribution is -0.131. The highest BCUT2D eigenvalue weighted by Gasteiger charge is 2.41. The molecule has 236 valence electrons. The maximum absolute atomic E-state index is 14.2. The number of halogens is 1. The Labute approximate surface area is 272 Å². The third-order valence-electron chi connectivity index (χ3n) is 9.84. The fraction of sp³-hybridized carbons (Fsp3) is 0.457. The van der Waals surface area contributed by atoms with E-state index in [1.54, 1.807) is 42.5 Å². The second-order valence-electron chi connectivity index (χ2n) is 12.5. The van der Waals surface area contributed by atoms with E-state index in [-0.39, 0.29) is 47.5 Å². The quantitative estimate of drug-likeness (QED) is 0.276. The number of anilines is 1. The molecule has 4 amide bonds. The van der Waals surface area contributed by atoms with Crippen molar-refractivity contribution in [3.63, 3.8) is 0 Å². The van der Waals surface area contributed by atoms with E-state index in [1.165, 1.54) is 0 Å². The highest BCUT2D eigenvalue weighted by atomic mass is 79.9. The van der Waals surface area contributed by atoms with Gasteiger partial charge in [0.1, 0.15) is 0 Å². The first kappa shape index (κ1) is 31.2. The predicted molar refractivity (Wildman–Crippen MR) is 174 cm³/mol. The Morgan fingerprint density at radius 3 is 2.18 bits per heavy atom. The average Bonchev–Trinajstić information content (AvgIpc) is 3.81. The number of fused-ring (bicyclic) bond motifs is 1. The van der Waals surface area contributed by atoms with Crippen LogP contribution in [-0.4, -0.2) is 81.9 Å². The molecule has 0 spiro atoms. The van der Waals surface area contributed by atoms with Crippen molar-refractivity contribution in [2.45, 2.75) is 83.3 Å². The van der Waals surface area contributed by atoms with Gasteiger partial charge in [-0.3, -0.25) is 24.0 Å². The Hall–Kier alpha value is -3.79. The molecular weight excluding hydrogens is 636 g/mol. The number of carbonyl (C=O) groups is 5. The van der Waals surface area contributed by atoms with Crippen LogP contribution < -0.4 is 5.32 Å². The molecule has 0 saturated carbocycles. The van der Waals surface area contributed by atoms with Gasteiger partial charge in [0.2, 0.25) is 11.8 Å². The minimum atomic E-state index is -0.382. The number of hydrogen-bond acceptors (Lipinski definition) is 5. The Kier molecular flexibility index (Phi) is 8.95. The highest BCUT2D eigenvalue weighted by molar-refractivity contribution is 9.10. The summed E-state index contributed by atoms with van der Waals surface area (Å²) in [6.07, 6.45) is 5.20. The number of carbonyl (C=O) groups excluding carboxylic acids is 5. The van der Waals surface area contributed by atoms with E-state index in [2.05, 4.69) is 28.2 Å². The maximum Gasteiger partial charge on any atom is 0.256 e. The Morgan fingerprint density at radius 2 is 1.53 bits per heavy atom. The summed E-state index contributed by atoms with van der Waals surface area (Å²) in [4.78, 5) is 72.2. The highest BCUT2D eigenvalue weighted by Crippen LogP contribution is 2.41. The Bertz CT molecular complexity index is 1580. The minimum Gasteiger partial charge on any atom is -0.340 e. The van der Waals surface area contributed by atoms with Gasteiger partial charge in [0.25, 0.3) is 11.8 Å². The van der Waals surface area contributed by atoms with Gasteiger partial charge in [-0.15, -0.1) is 0 Å². The number of para-hydroxylation sites is 1. The van der Waals surface area contributed by atoms with Gasteiger partial charge in [0, 0.05) is 77.3 Å². The lowest BCUT2D eigenvalue weighted by atomic mass is 9.94. The van der Waals surface area contributed by atoms with Crippen molar-refractivity contribution in [1.29, 1.82) is 0 Å². The van der Waals surface area contributed by atoms with Crippen LogP contribution in [0, 0.1) is 0 Å². The average molecular weight is 676 g/mol. The van der Waals surface area contributed by atoms with Crippen molar-refractivity contribution >= 4 is 56.6 Å². The molecule has 3 atom stereocenters. The van der Waals surface area contributed by atoms with Crippen molar-refractivity contribution in [3.8, 4) is 0 Å². The Morgan fingerprint density at radius 1 is 0.844 bits per heavy atom. The lowest BCUT2D eigenvalue weighted by Crippen LogP contribution is -2.47. The number of nitrogens with one attached hydrogen (secondary N) is 1. The molecular formula is C35H39BrN4O5. The summed E-state index contributed by atoms with van der Waals surface area (Å²) in [6.45, 7) is 6.02. The van der Waals surface area contributed by atoms with E-state index >= 15 is 0 Å². The number of amides is 4. The van der Waals surface area contributed by atoms with Crippen molar-refractivity contribution in [3.05, 3.63) is 69.2 Å². The van der Waals surface area contributed by atoms with Crippen LogP contribution in [0.2, 0.25) is 0 Å². The largest absolute Gasteiger partial charge is 0.340 e. The molecule has 0 radical (unpaired) electrons. The summed E-state index contributed by atoms with van der Waals surface area (Å²) < 4.78 is 0.860. The topological polar surface area (TPSA) is 107 Å². The number of hydrogen-bond donors (Lipinski definition) is 1. The summed E-state index contributed by atoms with van der Waals surface area (Å²) in [6, 6.07) is 12.0. The van der Waals surface area contributed by atoms with Gasteiger partial charge in [0.05, 0.1) is 11.3 Å². The summed E-state index contributed by atoms with van der Waals surface area (Å²) >= 11 is 3.40. The zero-order chi connectivity index (χ0) is 31.8. The van der Waals surface area contributed by atoms with Crippen LogP contribution in [0.15, 0.2) is 52.5 Å². The zero-order valence-corrected chi connectivity index (χ0v) is 27.4. The van der Waals surface area contributed by atoms with Crippen LogP contribution >= 0.6 is 15.9 Å². The minimum absolute atomic E-state index is 0.00123. The molecule has 45 heavy (non-hydrogen) atoms. The number of likely N-dealkylation sites (tertiary alicyclic amines) is 3. The van der Waals surface area contributed by atoms with Gasteiger partial charge in [-0.05, 0) is 75.8 Å². The van der Waals surface area contributed by atoms with Crippen LogP contribution in [0.4, 0.5) is 5.69 Å². The predicted octanol–water partition coefficient (Wildman–Crippen LogP) is 5.18. The van der Waals surface area contributed by atoms with Crippen LogP contribution in [0.1, 0.15) is 86.7 Å². The maximum atomic E-state index is 14.2. The normalized spacial score (nSPS) is 21.9. The molecule has 0 aromatic heterocycles. The van der Waals surface area contributed by atoms with Crippen LogP contribution in [0.3, 0.4) is 0 Å². The Balaban J connectivity index is 1.31. The van der Waals surface area contributed by atoms with Gasteiger partial charge in [-0.2, -0.15) is 0 Å². The van der Waals surface area contributed by atoms with Gasteiger partial charge in [0.15, 0.2) is 5.78 Å². The molecule has 2 aromatic rings. The molecule has 9 nitrogen and oxygen atoms in total. The van der Waals surface area contributed by atoms with Crippen molar-refractivity contribution in [1.82, 2.24) is 14.7 Å². The van der Waals surface area contributed by atoms with E-state index in [0.717, 1.165) is 36.8 Å². The summed E-state index contributed by atoms with van der Waals surface area (Å²) in [5.41, 5.74) is 2.64. The smallest absolute Gasteiger partial charge is 0.256 e. The fourth-order valence-corrected chi connectivity index (χ4v) is 7.79. The van der Waals surface area contributed by atoms with Crippen LogP contribution in [0.5, 0.6) is 0 Å². The SMILES string of the molecule is CCC(CC(CC(C)N1CCCC1=O)N1CC/C(=C2\C(=O)Nc3c(C(=O)c4ccc(Br)cc4)cccc32)C1=O)N1CCCC1=O. The first-order valence-corrected chi connectivity index (χ1v) is 16.8. The fourth-order valence-electron chi connectivity index (χ4n) is 7.52. The number of ketones is 1. The molecule has 0 aliphatic carbocycles. The lowest BCUT2D eigenvalue weighted by Gasteiger charge is -2.37. The molecule has 0 bridgehead atoms. The van der Waals surface area contributed by atoms with E-state index in [0.29, 0.717) is 72.2 Å². The number of rotatable bonds is 10. The molecule has 3 unspecified atom stereocenters. The molecule has 3 fully saturated rings. The van der Waals surface area contributed by atoms with Crippen molar-refractivity contribution in [2.24, 2.45) is 0 Å². The number of nitrogens with zero attached hydrogens (tertiary/aromatic N) is 3.